The van der Waals surface area contributed by atoms with Gasteiger partial charge in [0.1, 0.15) is 23.7 Å². The highest BCUT2D eigenvalue weighted by atomic mass is 16.5. The van der Waals surface area contributed by atoms with Crippen molar-refractivity contribution in [1.82, 2.24) is 15.3 Å². The van der Waals surface area contributed by atoms with Crippen LogP contribution in [0.1, 0.15) is 48.6 Å². The van der Waals surface area contributed by atoms with Crippen LogP contribution in [0.2, 0.25) is 0 Å². The van der Waals surface area contributed by atoms with Gasteiger partial charge >= 0.3 is 12.0 Å². The van der Waals surface area contributed by atoms with Gasteiger partial charge in [-0.05, 0) is 35.7 Å². The van der Waals surface area contributed by atoms with Crippen molar-refractivity contribution in [1.29, 1.82) is 5.41 Å². The standard InChI is InChI=1S/C29H29N5O6/c1-18(35)33(34-27(38)29(2,32-28(34)39)22-13-11-20(12-14-22)26(30)31)24(16-25(36)37)21-9-6-10-23(15-21)40-17-19-7-4-3-5-8-19/h3-15,24H,16-17H2,1-2H3,(H3,30,31)(H,32,39)(H,36,37)/t24-,29-/m1/s1. The molecular weight excluding hydrogens is 514 g/mol. The fourth-order valence-electron chi connectivity index (χ4n) is 4.56. The van der Waals surface area contributed by atoms with Crippen molar-refractivity contribution >= 4 is 29.7 Å². The average Bonchev–Trinajstić information content (AvgIpc) is 3.16. The van der Waals surface area contributed by atoms with Crippen LogP contribution in [-0.2, 0) is 26.5 Å². The number of nitrogens with two attached hydrogens (primary N) is 1. The van der Waals surface area contributed by atoms with Gasteiger partial charge in [0.25, 0.3) is 5.91 Å². The van der Waals surface area contributed by atoms with Gasteiger partial charge in [0.2, 0.25) is 5.91 Å². The fraction of sp³-hybridized carbons (Fsp3) is 0.207. The van der Waals surface area contributed by atoms with Crippen molar-refractivity contribution in [3.63, 3.8) is 0 Å². The largest absolute Gasteiger partial charge is 0.489 e. The first-order valence-corrected chi connectivity index (χ1v) is 12.4. The van der Waals surface area contributed by atoms with E-state index in [1.807, 2.05) is 30.3 Å². The minimum absolute atomic E-state index is 0.158. The summed E-state index contributed by atoms with van der Waals surface area (Å²) in [7, 11) is 0. The van der Waals surface area contributed by atoms with Crippen LogP contribution in [0, 0.1) is 5.41 Å². The minimum atomic E-state index is -1.56. The van der Waals surface area contributed by atoms with E-state index in [9.17, 15) is 24.3 Å². The van der Waals surface area contributed by atoms with Gasteiger partial charge in [0.05, 0.1) is 12.5 Å². The van der Waals surface area contributed by atoms with E-state index >= 15 is 0 Å². The molecule has 0 radical (unpaired) electrons. The van der Waals surface area contributed by atoms with Gasteiger partial charge in [-0.1, -0.05) is 66.7 Å². The summed E-state index contributed by atoms with van der Waals surface area (Å²) in [5.41, 5.74) is 6.08. The zero-order valence-corrected chi connectivity index (χ0v) is 22.0. The van der Waals surface area contributed by atoms with Gasteiger partial charge in [0, 0.05) is 12.5 Å². The molecule has 1 saturated heterocycles. The molecule has 11 nitrogen and oxygen atoms in total. The monoisotopic (exact) mass is 543 g/mol. The Balaban J connectivity index is 1.67. The Morgan fingerprint density at radius 1 is 1.07 bits per heavy atom. The van der Waals surface area contributed by atoms with E-state index in [2.05, 4.69) is 5.32 Å². The molecule has 0 saturated carbocycles. The highest BCUT2D eigenvalue weighted by molar-refractivity contribution is 6.08. The number of benzene rings is 3. The molecule has 0 bridgehead atoms. The Hall–Kier alpha value is -5.19. The maximum atomic E-state index is 13.8. The molecule has 3 aromatic carbocycles. The predicted octanol–water partition coefficient (Wildman–Crippen LogP) is 3.30. The Kier molecular flexibility index (Phi) is 7.85. The first kappa shape index (κ1) is 27.8. The molecule has 0 unspecified atom stereocenters. The minimum Gasteiger partial charge on any atom is -0.489 e. The number of nitrogens with one attached hydrogen (secondary N) is 2. The van der Waals surface area contributed by atoms with Gasteiger partial charge in [-0.15, -0.1) is 0 Å². The van der Waals surface area contributed by atoms with Gasteiger partial charge in [-0.25, -0.2) is 9.80 Å². The van der Waals surface area contributed by atoms with E-state index in [4.69, 9.17) is 15.9 Å². The molecule has 4 rings (SSSR count). The molecule has 40 heavy (non-hydrogen) atoms. The van der Waals surface area contributed by atoms with Crippen molar-refractivity contribution in [2.45, 2.75) is 38.5 Å². The molecule has 11 heteroatoms. The predicted molar refractivity (Wildman–Crippen MR) is 145 cm³/mol. The summed E-state index contributed by atoms with van der Waals surface area (Å²) >= 11 is 0. The Morgan fingerprint density at radius 2 is 1.75 bits per heavy atom. The SMILES string of the molecule is CC(=O)N([C@H](CC(=O)O)c1cccc(OCc2ccccc2)c1)N1C(=O)N[C@](C)(c2ccc(C(=N)N)cc2)C1=O. The van der Waals surface area contributed by atoms with Crippen molar-refractivity contribution in [2.75, 3.05) is 0 Å². The first-order chi connectivity index (χ1) is 19.0. The first-order valence-electron chi connectivity index (χ1n) is 12.4. The van der Waals surface area contributed by atoms with Gasteiger partial charge in [-0.2, -0.15) is 5.01 Å². The number of nitrogen functional groups attached to an aromatic ring is 1. The van der Waals surface area contributed by atoms with Crippen LogP contribution >= 0.6 is 0 Å². The van der Waals surface area contributed by atoms with Crippen molar-refractivity contribution < 1.29 is 29.0 Å². The number of hydrogen-bond donors (Lipinski definition) is 4. The number of rotatable bonds is 10. The zero-order chi connectivity index (χ0) is 29.0. The summed E-state index contributed by atoms with van der Waals surface area (Å²) in [6.45, 7) is 2.90. The number of nitrogens with zero attached hydrogens (tertiary/aromatic N) is 2. The van der Waals surface area contributed by atoms with Crippen LogP contribution in [0.5, 0.6) is 5.75 Å². The number of aliphatic carboxylic acids is 1. The van der Waals surface area contributed by atoms with Crippen molar-refractivity contribution in [3.8, 4) is 5.75 Å². The highest BCUT2D eigenvalue weighted by Gasteiger charge is 2.53. The third-order valence-corrected chi connectivity index (χ3v) is 6.64. The van der Waals surface area contributed by atoms with Crippen LogP contribution in [0.25, 0.3) is 0 Å². The summed E-state index contributed by atoms with van der Waals surface area (Å²) in [4.78, 5) is 51.9. The maximum Gasteiger partial charge on any atom is 0.344 e. The van der Waals surface area contributed by atoms with Crippen molar-refractivity contribution in [2.24, 2.45) is 5.73 Å². The number of ether oxygens (including phenoxy) is 1. The maximum absolute atomic E-state index is 13.8. The molecule has 2 atom stereocenters. The van der Waals surface area contributed by atoms with Gasteiger partial charge < -0.3 is 20.9 Å². The number of urea groups is 1. The van der Waals surface area contributed by atoms with E-state index in [1.165, 1.54) is 6.92 Å². The molecule has 0 aromatic heterocycles. The number of imide groups is 1. The lowest BCUT2D eigenvalue weighted by atomic mass is 9.91. The summed E-state index contributed by atoms with van der Waals surface area (Å²) in [6.07, 6.45) is -0.581. The van der Waals surface area contributed by atoms with E-state index in [1.54, 1.807) is 48.5 Å². The normalized spacial score (nSPS) is 17.2. The molecule has 1 fully saturated rings. The second-order valence-corrected chi connectivity index (χ2v) is 9.49. The molecule has 206 valence electrons. The lowest BCUT2D eigenvalue weighted by molar-refractivity contribution is -0.162. The van der Waals surface area contributed by atoms with Crippen molar-refractivity contribution in [3.05, 3.63) is 101 Å². The van der Waals surface area contributed by atoms with Crippen LogP contribution in [-0.4, -0.2) is 44.8 Å². The summed E-state index contributed by atoms with van der Waals surface area (Å²) < 4.78 is 5.88. The Morgan fingerprint density at radius 3 is 2.35 bits per heavy atom. The summed E-state index contributed by atoms with van der Waals surface area (Å²) in [5.74, 6) is -2.44. The lowest BCUT2D eigenvalue weighted by Crippen LogP contribution is -2.52. The lowest BCUT2D eigenvalue weighted by Gasteiger charge is -2.35. The van der Waals surface area contributed by atoms with Crippen LogP contribution in [0.4, 0.5) is 4.79 Å². The number of carbonyl (C=O) groups is 4. The average molecular weight is 544 g/mol. The third-order valence-electron chi connectivity index (χ3n) is 6.64. The second kappa shape index (κ2) is 11.3. The molecule has 4 amide bonds. The number of amides is 4. The third kappa shape index (κ3) is 5.63. The smallest absolute Gasteiger partial charge is 0.344 e. The Labute approximate surface area is 230 Å². The summed E-state index contributed by atoms with van der Waals surface area (Å²) in [6, 6.07) is 20.1. The van der Waals surface area contributed by atoms with Crippen LogP contribution in [0.15, 0.2) is 78.9 Å². The number of carboxylic acid groups (broad SMARTS) is 1. The van der Waals surface area contributed by atoms with Crippen LogP contribution < -0.4 is 15.8 Å². The summed E-state index contributed by atoms with van der Waals surface area (Å²) in [5, 5.41) is 21.5. The van der Waals surface area contributed by atoms with E-state index < -0.39 is 41.8 Å². The molecule has 1 aliphatic heterocycles. The quantitative estimate of drug-likeness (QED) is 0.173. The number of amidine groups is 1. The highest BCUT2D eigenvalue weighted by Crippen LogP contribution is 2.35. The Bertz CT molecular complexity index is 1460. The molecule has 3 aromatic rings. The number of carboxylic acids is 1. The second-order valence-electron chi connectivity index (χ2n) is 9.49. The van der Waals surface area contributed by atoms with Gasteiger partial charge in [-0.3, -0.25) is 19.8 Å². The number of hydrazine groups is 1. The molecule has 1 heterocycles. The number of hydrogen-bond acceptors (Lipinski definition) is 6. The topological polar surface area (TPSA) is 166 Å². The fourth-order valence-corrected chi connectivity index (χ4v) is 4.56. The van der Waals surface area contributed by atoms with Crippen LogP contribution in [0.3, 0.4) is 0 Å². The van der Waals surface area contributed by atoms with E-state index in [0.717, 1.165) is 17.5 Å². The number of carbonyl (C=O) groups excluding carboxylic acids is 3. The molecular formula is C29H29N5O6. The molecule has 0 spiro atoms. The van der Waals surface area contributed by atoms with E-state index in [0.29, 0.717) is 27.4 Å². The molecule has 5 N–H and O–H groups in total. The molecule has 1 aliphatic rings. The van der Waals surface area contributed by atoms with Gasteiger partial charge in [0.15, 0.2) is 0 Å². The molecule has 0 aliphatic carbocycles. The van der Waals surface area contributed by atoms with E-state index in [-0.39, 0.29) is 12.4 Å². The zero-order valence-electron chi connectivity index (χ0n) is 22.0.